The molecule has 7 nitrogen and oxygen atoms in total. The molecule has 0 bridgehead atoms. The van der Waals surface area contributed by atoms with Crippen molar-refractivity contribution < 1.29 is 9.53 Å². The summed E-state index contributed by atoms with van der Waals surface area (Å²) in [6.45, 7) is 12.1. The number of amides is 1. The van der Waals surface area contributed by atoms with Gasteiger partial charge in [0.1, 0.15) is 5.82 Å². The van der Waals surface area contributed by atoms with E-state index in [-0.39, 0.29) is 11.3 Å². The van der Waals surface area contributed by atoms with Crippen molar-refractivity contribution in [2.45, 2.75) is 43.6 Å². The molecule has 0 spiro atoms. The molecule has 0 unspecified atom stereocenters. The van der Waals surface area contributed by atoms with E-state index in [9.17, 15) is 4.79 Å². The summed E-state index contributed by atoms with van der Waals surface area (Å²) >= 11 is 1.60. The molecule has 1 aromatic heterocycles. The van der Waals surface area contributed by atoms with Gasteiger partial charge in [-0.05, 0) is 23.3 Å². The third-order valence-electron chi connectivity index (χ3n) is 6.49. The van der Waals surface area contributed by atoms with Crippen molar-refractivity contribution in [3.05, 3.63) is 83.0 Å². The summed E-state index contributed by atoms with van der Waals surface area (Å²) in [5.74, 6) is 1.55. The third-order valence-corrected chi connectivity index (χ3v) is 7.41. The molecular weight excluding hydrogens is 494 g/mol. The lowest BCUT2D eigenvalue weighted by molar-refractivity contribution is 0.0383. The van der Waals surface area contributed by atoms with E-state index in [1.54, 1.807) is 11.8 Å². The van der Waals surface area contributed by atoms with E-state index in [0.29, 0.717) is 17.9 Å². The number of carbonyl (C=O) groups excluding carboxylic acids is 1. The van der Waals surface area contributed by atoms with Gasteiger partial charge in [0.15, 0.2) is 5.16 Å². The summed E-state index contributed by atoms with van der Waals surface area (Å²) < 4.78 is 5.39. The highest BCUT2D eigenvalue weighted by molar-refractivity contribution is 7.98. The van der Waals surface area contributed by atoms with Crippen LogP contribution in [0.15, 0.2) is 65.8 Å². The number of hydrogen-bond donors (Lipinski definition) is 1. The zero-order valence-corrected chi connectivity index (χ0v) is 23.8. The number of carbonyl (C=O) groups is 1. The van der Waals surface area contributed by atoms with Crippen LogP contribution in [0.25, 0.3) is 0 Å². The Bertz CT molecular complexity index is 1190. The van der Waals surface area contributed by atoms with Crippen molar-refractivity contribution in [1.29, 1.82) is 0 Å². The van der Waals surface area contributed by atoms with Gasteiger partial charge in [0.2, 0.25) is 0 Å². The molecule has 1 fully saturated rings. The SMILES string of the molecule is CN(Cc1ccccc1)c1cc(C(C)(C)C)nc(SCc2cccc(C(=O)NCCN3CCOCC3)c2)n1. The lowest BCUT2D eigenvalue weighted by Crippen LogP contribution is -2.41. The van der Waals surface area contributed by atoms with Gasteiger partial charge in [-0.1, -0.05) is 75.0 Å². The van der Waals surface area contributed by atoms with Crippen molar-refractivity contribution in [2.24, 2.45) is 0 Å². The number of nitrogens with zero attached hydrogens (tertiary/aromatic N) is 4. The lowest BCUT2D eigenvalue weighted by atomic mass is 9.92. The molecule has 0 saturated carbocycles. The van der Waals surface area contributed by atoms with Gasteiger partial charge < -0.3 is 15.0 Å². The fourth-order valence-corrected chi connectivity index (χ4v) is 5.00. The number of benzene rings is 2. The summed E-state index contributed by atoms with van der Waals surface area (Å²) in [6.07, 6.45) is 0. The maximum absolute atomic E-state index is 12.7. The molecule has 2 heterocycles. The second-order valence-electron chi connectivity index (χ2n) is 10.7. The van der Waals surface area contributed by atoms with Gasteiger partial charge in [-0.3, -0.25) is 9.69 Å². The number of ether oxygens (including phenoxy) is 1. The van der Waals surface area contributed by atoms with Crippen molar-refractivity contribution in [1.82, 2.24) is 20.2 Å². The van der Waals surface area contributed by atoms with Gasteiger partial charge in [-0.2, -0.15) is 0 Å². The zero-order valence-electron chi connectivity index (χ0n) is 22.9. The van der Waals surface area contributed by atoms with Crippen LogP contribution in [-0.2, 0) is 22.4 Å². The van der Waals surface area contributed by atoms with Crippen LogP contribution in [0.3, 0.4) is 0 Å². The van der Waals surface area contributed by atoms with E-state index in [4.69, 9.17) is 14.7 Å². The van der Waals surface area contributed by atoms with Gasteiger partial charge >= 0.3 is 0 Å². The van der Waals surface area contributed by atoms with Crippen molar-refractivity contribution in [2.75, 3.05) is 51.3 Å². The first kappa shape index (κ1) is 28.1. The summed E-state index contributed by atoms with van der Waals surface area (Å²) in [6, 6.07) is 20.3. The first-order valence-corrected chi connectivity index (χ1v) is 14.2. The molecule has 8 heteroatoms. The van der Waals surface area contributed by atoms with Gasteiger partial charge in [-0.25, -0.2) is 9.97 Å². The molecule has 38 heavy (non-hydrogen) atoms. The number of thioether (sulfide) groups is 1. The fraction of sp³-hybridized carbons (Fsp3) is 0.433. The summed E-state index contributed by atoms with van der Waals surface area (Å²) in [7, 11) is 2.07. The van der Waals surface area contributed by atoms with Crippen molar-refractivity contribution >= 4 is 23.5 Å². The zero-order chi connectivity index (χ0) is 27.0. The molecule has 1 N–H and O–H groups in total. The van der Waals surface area contributed by atoms with Crippen LogP contribution in [0.1, 0.15) is 48.0 Å². The Kier molecular flexibility index (Phi) is 9.77. The third kappa shape index (κ3) is 8.28. The molecular formula is C30H39N5O2S. The van der Waals surface area contributed by atoms with Crippen molar-refractivity contribution in [3.8, 4) is 0 Å². The van der Waals surface area contributed by atoms with E-state index in [1.807, 2.05) is 30.3 Å². The number of anilines is 1. The largest absolute Gasteiger partial charge is 0.379 e. The smallest absolute Gasteiger partial charge is 0.251 e. The average Bonchev–Trinajstić information content (AvgIpc) is 2.92. The fourth-order valence-electron chi connectivity index (χ4n) is 4.20. The molecule has 0 atom stereocenters. The Morgan fingerprint density at radius 2 is 1.76 bits per heavy atom. The molecule has 3 aromatic rings. The Morgan fingerprint density at radius 3 is 2.50 bits per heavy atom. The number of aromatic nitrogens is 2. The number of rotatable bonds is 10. The maximum atomic E-state index is 12.7. The molecule has 0 aliphatic carbocycles. The first-order valence-electron chi connectivity index (χ1n) is 13.2. The highest BCUT2D eigenvalue weighted by Gasteiger charge is 2.20. The minimum absolute atomic E-state index is 0.0408. The summed E-state index contributed by atoms with van der Waals surface area (Å²) in [4.78, 5) is 27.0. The van der Waals surface area contributed by atoms with Crippen LogP contribution in [0.2, 0.25) is 0 Å². The molecule has 1 saturated heterocycles. The van der Waals surface area contributed by atoms with E-state index >= 15 is 0 Å². The molecule has 1 amide bonds. The van der Waals surface area contributed by atoms with Crippen LogP contribution in [0, 0.1) is 0 Å². The molecule has 1 aliphatic heterocycles. The Hall–Kier alpha value is -2.94. The predicted octanol–water partition coefficient (Wildman–Crippen LogP) is 4.76. The van der Waals surface area contributed by atoms with E-state index in [2.05, 4.69) is 73.3 Å². The highest BCUT2D eigenvalue weighted by Crippen LogP contribution is 2.28. The standard InChI is InChI=1S/C30H39N5O2S/c1-30(2,3)26-20-27(34(4)21-23-9-6-5-7-10-23)33-29(32-26)38-22-24-11-8-12-25(19-24)28(36)31-13-14-35-15-17-37-18-16-35/h5-12,19-20H,13-18,21-22H2,1-4H3,(H,31,36). The second kappa shape index (κ2) is 13.2. The average molecular weight is 534 g/mol. The first-order chi connectivity index (χ1) is 18.3. The Labute approximate surface area is 231 Å². The van der Waals surface area contributed by atoms with Gasteiger partial charge in [0.25, 0.3) is 5.91 Å². The molecule has 1 aliphatic rings. The lowest BCUT2D eigenvalue weighted by Gasteiger charge is -2.26. The van der Waals surface area contributed by atoms with Gasteiger partial charge in [-0.15, -0.1) is 0 Å². The summed E-state index contributed by atoms with van der Waals surface area (Å²) in [5.41, 5.74) is 3.90. The molecule has 2 aromatic carbocycles. The predicted molar refractivity (Wildman–Crippen MR) is 155 cm³/mol. The minimum atomic E-state index is -0.0974. The van der Waals surface area contributed by atoms with Gasteiger partial charge in [0, 0.05) is 62.6 Å². The van der Waals surface area contributed by atoms with Crippen LogP contribution in [-0.4, -0.2) is 67.2 Å². The van der Waals surface area contributed by atoms with E-state index in [1.165, 1.54) is 5.56 Å². The normalized spacial score (nSPS) is 14.3. The second-order valence-corrected chi connectivity index (χ2v) is 11.6. The highest BCUT2D eigenvalue weighted by atomic mass is 32.2. The Balaban J connectivity index is 1.40. The molecule has 4 rings (SSSR count). The Morgan fingerprint density at radius 1 is 1.03 bits per heavy atom. The van der Waals surface area contributed by atoms with Crippen LogP contribution >= 0.6 is 11.8 Å². The quantitative estimate of drug-likeness (QED) is 0.298. The van der Waals surface area contributed by atoms with Crippen LogP contribution in [0.5, 0.6) is 0 Å². The van der Waals surface area contributed by atoms with E-state index < -0.39 is 0 Å². The number of hydrogen-bond acceptors (Lipinski definition) is 7. The summed E-state index contributed by atoms with van der Waals surface area (Å²) in [5, 5.41) is 3.80. The maximum Gasteiger partial charge on any atom is 0.251 e. The minimum Gasteiger partial charge on any atom is -0.379 e. The van der Waals surface area contributed by atoms with Crippen molar-refractivity contribution in [3.63, 3.8) is 0 Å². The number of nitrogens with one attached hydrogen (secondary N) is 1. The van der Waals surface area contributed by atoms with Crippen LogP contribution < -0.4 is 10.2 Å². The van der Waals surface area contributed by atoms with Gasteiger partial charge in [0.05, 0.1) is 18.9 Å². The molecule has 202 valence electrons. The topological polar surface area (TPSA) is 70.6 Å². The number of morpholine rings is 1. The van der Waals surface area contributed by atoms with E-state index in [0.717, 1.165) is 61.6 Å². The van der Waals surface area contributed by atoms with Crippen LogP contribution in [0.4, 0.5) is 5.82 Å². The molecule has 0 radical (unpaired) electrons. The monoisotopic (exact) mass is 533 g/mol.